The number of carboxylic acid groups (broad SMARTS) is 1. The lowest BCUT2D eigenvalue weighted by atomic mass is 10.1. The van der Waals surface area contributed by atoms with Crippen LogP contribution in [-0.2, 0) is 6.54 Å². The van der Waals surface area contributed by atoms with Gasteiger partial charge in [-0.1, -0.05) is 12.1 Å². The number of carbonyl (C=O) groups excluding carboxylic acids is 1. The van der Waals surface area contributed by atoms with Gasteiger partial charge < -0.3 is 14.8 Å². The van der Waals surface area contributed by atoms with Crippen molar-refractivity contribution in [2.45, 2.75) is 6.54 Å². The molecule has 0 fully saturated rings. The van der Waals surface area contributed by atoms with Crippen molar-refractivity contribution >= 4 is 23.5 Å². The lowest BCUT2D eigenvalue weighted by Gasteiger charge is -2.04. The molecule has 6 heteroatoms. The van der Waals surface area contributed by atoms with Gasteiger partial charge in [0.05, 0.1) is 5.56 Å². The maximum atomic E-state index is 11.7. The van der Waals surface area contributed by atoms with Crippen molar-refractivity contribution in [2.24, 2.45) is 0 Å². The highest BCUT2D eigenvalue weighted by Crippen LogP contribution is 2.13. The number of rotatable bonds is 4. The highest BCUT2D eigenvalue weighted by atomic mass is 35.5. The fourth-order valence-corrected chi connectivity index (χ4v) is 1.67. The Morgan fingerprint density at radius 3 is 2.68 bits per heavy atom. The second-order valence-electron chi connectivity index (χ2n) is 3.79. The summed E-state index contributed by atoms with van der Waals surface area (Å²) in [4.78, 5) is 22.5. The van der Waals surface area contributed by atoms with Crippen LogP contribution in [0, 0.1) is 0 Å². The van der Waals surface area contributed by atoms with Gasteiger partial charge >= 0.3 is 5.97 Å². The van der Waals surface area contributed by atoms with Gasteiger partial charge in [0.15, 0.2) is 11.0 Å². The molecule has 0 saturated carbocycles. The minimum absolute atomic E-state index is 0.111. The molecule has 2 aromatic rings. The molecular weight excluding hydrogens is 270 g/mol. The number of nitrogens with one attached hydrogen (secondary N) is 1. The number of carbonyl (C=O) groups is 2. The van der Waals surface area contributed by atoms with Gasteiger partial charge in [0.2, 0.25) is 0 Å². The quantitative estimate of drug-likeness (QED) is 0.901. The highest BCUT2D eigenvalue weighted by molar-refractivity contribution is 6.29. The molecule has 0 radical (unpaired) electrons. The van der Waals surface area contributed by atoms with Gasteiger partial charge in [-0.3, -0.25) is 4.79 Å². The van der Waals surface area contributed by atoms with Gasteiger partial charge in [0.1, 0.15) is 0 Å². The Bertz CT molecular complexity index is 621. The average molecular weight is 280 g/mol. The number of hydrogen-bond donors (Lipinski definition) is 2. The molecule has 0 aliphatic rings. The van der Waals surface area contributed by atoms with Crippen molar-refractivity contribution in [1.29, 1.82) is 0 Å². The zero-order valence-electron chi connectivity index (χ0n) is 9.72. The molecule has 0 aliphatic heterocycles. The lowest BCUT2D eigenvalue weighted by Crippen LogP contribution is -2.22. The van der Waals surface area contributed by atoms with Crippen molar-refractivity contribution < 1.29 is 19.1 Å². The van der Waals surface area contributed by atoms with Crippen LogP contribution < -0.4 is 5.32 Å². The van der Waals surface area contributed by atoms with Crippen molar-refractivity contribution in [3.05, 3.63) is 58.5 Å². The van der Waals surface area contributed by atoms with Crippen LogP contribution in [0.1, 0.15) is 26.5 Å². The largest absolute Gasteiger partial charge is 0.478 e. The Morgan fingerprint density at radius 1 is 1.26 bits per heavy atom. The number of hydrogen-bond acceptors (Lipinski definition) is 3. The van der Waals surface area contributed by atoms with Crippen molar-refractivity contribution in [1.82, 2.24) is 5.32 Å². The van der Waals surface area contributed by atoms with Gasteiger partial charge in [0, 0.05) is 6.54 Å². The molecule has 0 spiro atoms. The Kier molecular flexibility index (Phi) is 3.87. The number of halogens is 1. The van der Waals surface area contributed by atoms with Gasteiger partial charge in [-0.15, -0.1) is 0 Å². The van der Waals surface area contributed by atoms with Crippen LogP contribution in [0.2, 0.25) is 5.22 Å². The van der Waals surface area contributed by atoms with E-state index in [4.69, 9.17) is 21.1 Å². The SMILES string of the molecule is O=C(O)c1cccc(CNC(=O)c2ccc(Cl)o2)c1. The van der Waals surface area contributed by atoms with E-state index in [1.165, 1.54) is 24.3 Å². The molecule has 1 amide bonds. The van der Waals surface area contributed by atoms with Crippen LogP contribution in [-0.4, -0.2) is 17.0 Å². The highest BCUT2D eigenvalue weighted by Gasteiger charge is 2.10. The molecule has 2 rings (SSSR count). The van der Waals surface area contributed by atoms with E-state index in [9.17, 15) is 9.59 Å². The molecule has 1 aromatic carbocycles. The van der Waals surface area contributed by atoms with Crippen LogP contribution in [0.5, 0.6) is 0 Å². The number of furan rings is 1. The zero-order chi connectivity index (χ0) is 13.8. The third-order valence-corrected chi connectivity index (χ3v) is 2.63. The van der Waals surface area contributed by atoms with Crippen molar-refractivity contribution in [3.8, 4) is 0 Å². The van der Waals surface area contributed by atoms with E-state index in [1.54, 1.807) is 12.1 Å². The Balaban J connectivity index is 2.01. The van der Waals surface area contributed by atoms with E-state index < -0.39 is 11.9 Å². The molecule has 0 atom stereocenters. The molecular formula is C13H10ClNO4. The Morgan fingerprint density at radius 2 is 2.05 bits per heavy atom. The van der Waals surface area contributed by atoms with E-state index in [2.05, 4.69) is 5.32 Å². The monoisotopic (exact) mass is 279 g/mol. The maximum Gasteiger partial charge on any atom is 0.335 e. The van der Waals surface area contributed by atoms with Crippen molar-refractivity contribution in [3.63, 3.8) is 0 Å². The summed E-state index contributed by atoms with van der Waals surface area (Å²) < 4.78 is 4.95. The average Bonchev–Trinajstić information content (AvgIpc) is 2.83. The number of amides is 1. The van der Waals surface area contributed by atoms with E-state index >= 15 is 0 Å². The minimum Gasteiger partial charge on any atom is -0.478 e. The predicted molar refractivity (Wildman–Crippen MR) is 68.3 cm³/mol. The second kappa shape index (κ2) is 5.58. The van der Waals surface area contributed by atoms with E-state index in [1.807, 2.05) is 0 Å². The third-order valence-electron chi connectivity index (χ3n) is 2.42. The number of benzene rings is 1. The van der Waals surface area contributed by atoms with E-state index in [0.717, 1.165) is 0 Å². The first-order chi connectivity index (χ1) is 9.06. The summed E-state index contributed by atoms with van der Waals surface area (Å²) in [5.41, 5.74) is 0.860. The topological polar surface area (TPSA) is 79.5 Å². The van der Waals surface area contributed by atoms with Crippen LogP contribution >= 0.6 is 11.6 Å². The molecule has 0 unspecified atom stereocenters. The van der Waals surface area contributed by atoms with E-state index in [0.29, 0.717) is 5.56 Å². The standard InChI is InChI=1S/C13H10ClNO4/c14-11-5-4-10(19-11)12(16)15-7-8-2-1-3-9(6-8)13(17)18/h1-6H,7H2,(H,15,16)(H,17,18). The van der Waals surface area contributed by atoms with Crippen LogP contribution in [0.3, 0.4) is 0 Å². The van der Waals surface area contributed by atoms with E-state index in [-0.39, 0.29) is 23.1 Å². The van der Waals surface area contributed by atoms with Gasteiger partial charge in [-0.05, 0) is 41.4 Å². The first kappa shape index (κ1) is 13.2. The molecule has 98 valence electrons. The Hall–Kier alpha value is -2.27. The fourth-order valence-electron chi connectivity index (χ4n) is 1.52. The molecule has 0 aliphatic carbocycles. The number of carboxylic acids is 1. The van der Waals surface area contributed by atoms with Crippen LogP contribution in [0.25, 0.3) is 0 Å². The summed E-state index contributed by atoms with van der Waals surface area (Å²) in [5.74, 6) is -1.31. The second-order valence-corrected chi connectivity index (χ2v) is 4.16. The molecule has 1 aromatic heterocycles. The molecule has 5 nitrogen and oxygen atoms in total. The fraction of sp³-hybridized carbons (Fsp3) is 0.0769. The molecule has 19 heavy (non-hydrogen) atoms. The third kappa shape index (κ3) is 3.35. The van der Waals surface area contributed by atoms with Crippen LogP contribution in [0.4, 0.5) is 0 Å². The zero-order valence-corrected chi connectivity index (χ0v) is 10.5. The minimum atomic E-state index is -1.01. The molecule has 1 heterocycles. The predicted octanol–water partition coefficient (Wildman–Crippen LogP) is 2.56. The molecule has 2 N–H and O–H groups in total. The summed E-state index contributed by atoms with van der Waals surface area (Å²) in [7, 11) is 0. The van der Waals surface area contributed by atoms with Crippen LogP contribution in [0.15, 0.2) is 40.8 Å². The first-order valence-corrected chi connectivity index (χ1v) is 5.80. The summed E-state index contributed by atoms with van der Waals surface area (Å²) in [6.07, 6.45) is 0. The summed E-state index contributed by atoms with van der Waals surface area (Å²) in [6, 6.07) is 9.26. The molecule has 0 saturated heterocycles. The Labute approximate surface area is 113 Å². The smallest absolute Gasteiger partial charge is 0.335 e. The van der Waals surface area contributed by atoms with Gasteiger partial charge in [-0.25, -0.2) is 4.79 Å². The van der Waals surface area contributed by atoms with Gasteiger partial charge in [-0.2, -0.15) is 0 Å². The normalized spacial score (nSPS) is 10.2. The lowest BCUT2D eigenvalue weighted by molar-refractivity contribution is 0.0696. The summed E-state index contributed by atoms with van der Waals surface area (Å²) in [6.45, 7) is 0.207. The van der Waals surface area contributed by atoms with Crippen molar-refractivity contribution in [2.75, 3.05) is 0 Å². The summed E-state index contributed by atoms with van der Waals surface area (Å²) >= 11 is 5.57. The molecule has 0 bridgehead atoms. The number of aromatic carboxylic acids is 1. The summed E-state index contributed by atoms with van der Waals surface area (Å²) in [5, 5.41) is 11.6. The maximum absolute atomic E-state index is 11.7. The first-order valence-electron chi connectivity index (χ1n) is 5.42. The van der Waals surface area contributed by atoms with Gasteiger partial charge in [0.25, 0.3) is 5.91 Å².